The second kappa shape index (κ2) is 6.58. The Morgan fingerprint density at radius 1 is 1.25 bits per heavy atom. The lowest BCUT2D eigenvalue weighted by atomic mass is 10.2. The van der Waals surface area contributed by atoms with Crippen LogP contribution >= 0.6 is 0 Å². The molecule has 1 N–H and O–H groups in total. The Labute approximate surface area is 119 Å². The topological polar surface area (TPSA) is 57.9 Å². The van der Waals surface area contributed by atoms with Gasteiger partial charge in [-0.25, -0.2) is 4.98 Å². The third kappa shape index (κ3) is 3.48. The van der Waals surface area contributed by atoms with E-state index in [1.807, 2.05) is 44.2 Å². The standard InChI is InChI=1S/C16H17N3O/c1-12(2)20-16-14(7-5-9-18-16)11-19-15-8-4-3-6-13(15)10-17/h3-9,12,19H,11H2,1-2H3. The average molecular weight is 267 g/mol. The van der Waals surface area contributed by atoms with Gasteiger partial charge in [-0.1, -0.05) is 18.2 Å². The predicted molar refractivity (Wildman–Crippen MR) is 78.5 cm³/mol. The number of rotatable bonds is 5. The van der Waals surface area contributed by atoms with Gasteiger partial charge in [0, 0.05) is 18.3 Å². The first kappa shape index (κ1) is 13.9. The Hall–Kier alpha value is -2.54. The molecule has 0 saturated heterocycles. The molecular weight excluding hydrogens is 250 g/mol. The van der Waals surface area contributed by atoms with E-state index in [9.17, 15) is 0 Å². The summed E-state index contributed by atoms with van der Waals surface area (Å²) in [4.78, 5) is 4.25. The first-order chi connectivity index (χ1) is 9.70. The van der Waals surface area contributed by atoms with Crippen LogP contribution in [0.5, 0.6) is 5.88 Å². The Morgan fingerprint density at radius 3 is 2.80 bits per heavy atom. The Morgan fingerprint density at radius 2 is 2.05 bits per heavy atom. The summed E-state index contributed by atoms with van der Waals surface area (Å²) in [6.07, 6.45) is 1.79. The smallest absolute Gasteiger partial charge is 0.218 e. The number of nitrogens with one attached hydrogen (secondary N) is 1. The lowest BCUT2D eigenvalue weighted by Crippen LogP contribution is -2.10. The maximum atomic E-state index is 9.06. The molecule has 0 aliphatic heterocycles. The summed E-state index contributed by atoms with van der Waals surface area (Å²) in [7, 11) is 0. The minimum absolute atomic E-state index is 0.0787. The lowest BCUT2D eigenvalue weighted by molar-refractivity contribution is 0.230. The van der Waals surface area contributed by atoms with Crippen molar-refractivity contribution < 1.29 is 4.74 Å². The van der Waals surface area contributed by atoms with E-state index < -0.39 is 0 Å². The van der Waals surface area contributed by atoms with Gasteiger partial charge in [0.05, 0.1) is 17.4 Å². The second-order valence-electron chi connectivity index (χ2n) is 4.65. The van der Waals surface area contributed by atoms with Gasteiger partial charge >= 0.3 is 0 Å². The number of hydrogen-bond acceptors (Lipinski definition) is 4. The Balaban J connectivity index is 2.13. The van der Waals surface area contributed by atoms with Gasteiger partial charge in [0.15, 0.2) is 0 Å². The highest BCUT2D eigenvalue weighted by molar-refractivity contribution is 5.57. The van der Waals surface area contributed by atoms with Gasteiger partial charge in [-0.3, -0.25) is 0 Å². The zero-order valence-corrected chi connectivity index (χ0v) is 11.6. The molecule has 0 aliphatic rings. The number of ether oxygens (including phenoxy) is 1. The molecule has 0 aliphatic carbocycles. The van der Waals surface area contributed by atoms with Crippen LogP contribution in [0.15, 0.2) is 42.6 Å². The summed E-state index contributed by atoms with van der Waals surface area (Å²) in [6, 6.07) is 13.4. The van der Waals surface area contributed by atoms with Crippen LogP contribution in [-0.2, 0) is 6.54 Å². The molecule has 0 amide bonds. The normalized spacial score (nSPS) is 10.1. The van der Waals surface area contributed by atoms with Crippen LogP contribution in [0, 0.1) is 11.3 Å². The molecule has 0 fully saturated rings. The third-order valence-electron chi connectivity index (χ3n) is 2.71. The maximum absolute atomic E-state index is 9.06. The summed E-state index contributed by atoms with van der Waals surface area (Å²) >= 11 is 0. The van der Waals surface area contributed by atoms with Gasteiger partial charge in [-0.2, -0.15) is 5.26 Å². The van der Waals surface area contributed by atoms with Crippen LogP contribution in [0.4, 0.5) is 5.69 Å². The molecule has 0 atom stereocenters. The second-order valence-corrected chi connectivity index (χ2v) is 4.65. The van der Waals surface area contributed by atoms with Crippen molar-refractivity contribution in [3.8, 4) is 11.9 Å². The first-order valence-corrected chi connectivity index (χ1v) is 6.54. The minimum Gasteiger partial charge on any atom is -0.475 e. The van der Waals surface area contributed by atoms with Crippen LogP contribution in [0.25, 0.3) is 0 Å². The fourth-order valence-electron chi connectivity index (χ4n) is 1.81. The average Bonchev–Trinajstić information content (AvgIpc) is 2.46. The van der Waals surface area contributed by atoms with Gasteiger partial charge < -0.3 is 10.1 Å². The van der Waals surface area contributed by atoms with Gasteiger partial charge in [0.2, 0.25) is 5.88 Å². The van der Waals surface area contributed by atoms with Crippen LogP contribution in [-0.4, -0.2) is 11.1 Å². The van der Waals surface area contributed by atoms with Crippen molar-refractivity contribution in [2.75, 3.05) is 5.32 Å². The molecule has 102 valence electrons. The number of pyridine rings is 1. The highest BCUT2D eigenvalue weighted by Crippen LogP contribution is 2.19. The van der Waals surface area contributed by atoms with E-state index in [4.69, 9.17) is 10.00 Å². The quantitative estimate of drug-likeness (QED) is 0.902. The van der Waals surface area contributed by atoms with Crippen molar-refractivity contribution in [2.24, 2.45) is 0 Å². The number of anilines is 1. The Kier molecular flexibility index (Phi) is 4.56. The maximum Gasteiger partial charge on any atom is 0.218 e. The van der Waals surface area contributed by atoms with E-state index in [2.05, 4.69) is 16.4 Å². The summed E-state index contributed by atoms with van der Waals surface area (Å²) in [6.45, 7) is 4.50. The number of benzene rings is 1. The highest BCUT2D eigenvalue weighted by Gasteiger charge is 2.07. The van der Waals surface area contributed by atoms with Crippen molar-refractivity contribution in [3.63, 3.8) is 0 Å². The van der Waals surface area contributed by atoms with Crippen LogP contribution in [0.1, 0.15) is 25.0 Å². The van der Waals surface area contributed by atoms with Crippen molar-refractivity contribution in [1.29, 1.82) is 5.26 Å². The fraction of sp³-hybridized carbons (Fsp3) is 0.250. The molecule has 2 aromatic rings. The predicted octanol–water partition coefficient (Wildman–Crippen LogP) is 3.35. The minimum atomic E-state index is 0.0787. The van der Waals surface area contributed by atoms with Crippen LogP contribution in [0.2, 0.25) is 0 Å². The van der Waals surface area contributed by atoms with E-state index in [0.717, 1.165) is 11.3 Å². The molecule has 20 heavy (non-hydrogen) atoms. The zero-order valence-electron chi connectivity index (χ0n) is 11.6. The monoisotopic (exact) mass is 267 g/mol. The molecule has 0 radical (unpaired) electrons. The third-order valence-corrected chi connectivity index (χ3v) is 2.71. The number of nitriles is 1. The first-order valence-electron chi connectivity index (χ1n) is 6.54. The van der Waals surface area contributed by atoms with E-state index in [1.54, 1.807) is 12.3 Å². The number of aromatic nitrogens is 1. The van der Waals surface area contributed by atoms with Gasteiger partial charge in [0.1, 0.15) is 6.07 Å². The lowest BCUT2D eigenvalue weighted by Gasteiger charge is -2.14. The SMILES string of the molecule is CC(C)Oc1ncccc1CNc1ccccc1C#N. The molecule has 2 rings (SSSR count). The van der Waals surface area contributed by atoms with Gasteiger partial charge in [0.25, 0.3) is 0 Å². The molecule has 0 spiro atoms. The highest BCUT2D eigenvalue weighted by atomic mass is 16.5. The summed E-state index contributed by atoms with van der Waals surface area (Å²) in [5.74, 6) is 0.629. The molecule has 0 bridgehead atoms. The molecular formula is C16H17N3O. The van der Waals surface area contributed by atoms with E-state index in [0.29, 0.717) is 18.0 Å². The van der Waals surface area contributed by atoms with Crippen molar-refractivity contribution >= 4 is 5.69 Å². The molecule has 1 heterocycles. The number of nitrogens with zero attached hydrogens (tertiary/aromatic N) is 2. The summed E-state index contributed by atoms with van der Waals surface area (Å²) in [5.41, 5.74) is 2.41. The largest absolute Gasteiger partial charge is 0.475 e. The van der Waals surface area contributed by atoms with Crippen molar-refractivity contribution in [2.45, 2.75) is 26.5 Å². The molecule has 1 aromatic heterocycles. The van der Waals surface area contributed by atoms with Crippen molar-refractivity contribution in [3.05, 3.63) is 53.7 Å². The molecule has 4 nitrogen and oxygen atoms in total. The van der Waals surface area contributed by atoms with Crippen molar-refractivity contribution in [1.82, 2.24) is 4.98 Å². The molecule has 0 saturated carbocycles. The summed E-state index contributed by atoms with van der Waals surface area (Å²) in [5, 5.41) is 12.3. The van der Waals surface area contributed by atoms with E-state index in [-0.39, 0.29) is 6.10 Å². The van der Waals surface area contributed by atoms with Crippen LogP contribution < -0.4 is 10.1 Å². The molecule has 0 unspecified atom stereocenters. The van der Waals surface area contributed by atoms with Gasteiger partial charge in [-0.15, -0.1) is 0 Å². The fourth-order valence-corrected chi connectivity index (χ4v) is 1.81. The number of para-hydroxylation sites is 1. The zero-order chi connectivity index (χ0) is 14.4. The number of hydrogen-bond donors (Lipinski definition) is 1. The molecule has 4 heteroatoms. The van der Waals surface area contributed by atoms with Crippen LogP contribution in [0.3, 0.4) is 0 Å². The van der Waals surface area contributed by atoms with E-state index >= 15 is 0 Å². The Bertz CT molecular complexity index is 617. The van der Waals surface area contributed by atoms with Gasteiger partial charge in [-0.05, 0) is 32.0 Å². The van der Waals surface area contributed by atoms with E-state index in [1.165, 1.54) is 0 Å². The summed E-state index contributed by atoms with van der Waals surface area (Å²) < 4.78 is 5.67. The molecule has 1 aromatic carbocycles.